The molecule has 2 unspecified atom stereocenters. The van der Waals surface area contributed by atoms with Gasteiger partial charge in [0.05, 0.1) is 6.04 Å². The molecular formula is C12H19N3O2. The summed E-state index contributed by atoms with van der Waals surface area (Å²) in [5.74, 6) is 2.10. The van der Waals surface area contributed by atoms with Crippen LogP contribution in [0.3, 0.4) is 0 Å². The highest BCUT2D eigenvalue weighted by Crippen LogP contribution is 2.19. The van der Waals surface area contributed by atoms with Crippen LogP contribution in [-0.2, 0) is 9.59 Å². The third kappa shape index (κ3) is 2.98. The van der Waals surface area contributed by atoms with Crippen molar-refractivity contribution >= 4 is 11.8 Å². The van der Waals surface area contributed by atoms with Crippen LogP contribution >= 0.6 is 0 Å². The number of hydrogen-bond acceptors (Lipinski definition) is 3. The van der Waals surface area contributed by atoms with Crippen molar-refractivity contribution in [2.45, 2.75) is 31.3 Å². The summed E-state index contributed by atoms with van der Waals surface area (Å²) in [4.78, 5) is 27.0. The molecule has 0 spiro atoms. The minimum Gasteiger partial charge on any atom is -0.347 e. The number of carbonyl (C=O) groups excluding carboxylic acids is 2. The van der Waals surface area contributed by atoms with E-state index in [0.717, 1.165) is 6.42 Å². The van der Waals surface area contributed by atoms with Crippen molar-refractivity contribution in [3.63, 3.8) is 0 Å². The molecule has 2 N–H and O–H groups in total. The van der Waals surface area contributed by atoms with Crippen molar-refractivity contribution in [1.29, 1.82) is 0 Å². The van der Waals surface area contributed by atoms with Gasteiger partial charge in [0.1, 0.15) is 6.04 Å². The molecule has 1 aliphatic rings. The van der Waals surface area contributed by atoms with Gasteiger partial charge < -0.3 is 15.5 Å². The zero-order valence-electron chi connectivity index (χ0n) is 10.3. The van der Waals surface area contributed by atoms with Crippen LogP contribution in [0.2, 0.25) is 0 Å². The third-order valence-corrected chi connectivity index (χ3v) is 2.92. The lowest BCUT2D eigenvalue weighted by Gasteiger charge is -2.27. The molecule has 5 nitrogen and oxygen atoms in total. The van der Waals surface area contributed by atoms with Gasteiger partial charge in [-0.15, -0.1) is 12.3 Å². The molecule has 1 fully saturated rings. The Kier molecular flexibility index (Phi) is 4.53. The van der Waals surface area contributed by atoms with E-state index in [1.165, 1.54) is 4.90 Å². The molecule has 2 amide bonds. The van der Waals surface area contributed by atoms with Crippen molar-refractivity contribution < 1.29 is 9.59 Å². The fourth-order valence-corrected chi connectivity index (χ4v) is 2.01. The Hall–Kier alpha value is -1.54. The molecule has 94 valence electrons. The van der Waals surface area contributed by atoms with Crippen LogP contribution in [0.5, 0.6) is 0 Å². The van der Waals surface area contributed by atoms with E-state index in [9.17, 15) is 9.59 Å². The number of amides is 2. The zero-order chi connectivity index (χ0) is 13.0. The molecule has 0 saturated carbocycles. The lowest BCUT2D eigenvalue weighted by atomic mass is 10.1. The first-order chi connectivity index (χ1) is 7.99. The number of carbonyl (C=O) groups is 2. The molecule has 0 bridgehead atoms. The zero-order valence-corrected chi connectivity index (χ0v) is 10.3. The van der Waals surface area contributed by atoms with Crippen LogP contribution in [0.15, 0.2) is 0 Å². The highest BCUT2D eigenvalue weighted by Gasteiger charge is 2.36. The van der Waals surface area contributed by atoms with E-state index in [2.05, 4.69) is 5.92 Å². The summed E-state index contributed by atoms with van der Waals surface area (Å²) in [5, 5.41) is 0. The van der Waals surface area contributed by atoms with Crippen LogP contribution < -0.4 is 5.73 Å². The van der Waals surface area contributed by atoms with E-state index in [-0.39, 0.29) is 24.3 Å². The Labute approximate surface area is 102 Å². The summed E-state index contributed by atoms with van der Waals surface area (Å²) in [6.07, 6.45) is 6.87. The largest absolute Gasteiger partial charge is 0.347 e. The van der Waals surface area contributed by atoms with Gasteiger partial charge in [-0.05, 0) is 12.8 Å². The van der Waals surface area contributed by atoms with E-state index in [0.29, 0.717) is 13.0 Å². The summed E-state index contributed by atoms with van der Waals surface area (Å²) in [5.41, 5.74) is 5.69. The topological polar surface area (TPSA) is 66.6 Å². The number of nitrogens with two attached hydrogens (primary N) is 1. The van der Waals surface area contributed by atoms with Crippen molar-refractivity contribution in [3.05, 3.63) is 0 Å². The van der Waals surface area contributed by atoms with Crippen molar-refractivity contribution in [1.82, 2.24) is 9.80 Å². The molecule has 0 aromatic carbocycles. The molecule has 1 saturated heterocycles. The fourth-order valence-electron chi connectivity index (χ4n) is 2.01. The van der Waals surface area contributed by atoms with Gasteiger partial charge in [-0.3, -0.25) is 9.59 Å². The number of rotatable bonds is 3. The summed E-state index contributed by atoms with van der Waals surface area (Å²) in [6, 6.07) is -1.07. The molecule has 0 aliphatic carbocycles. The van der Waals surface area contributed by atoms with Gasteiger partial charge in [-0.1, -0.05) is 0 Å². The molecule has 17 heavy (non-hydrogen) atoms. The maximum absolute atomic E-state index is 12.0. The van der Waals surface area contributed by atoms with Gasteiger partial charge >= 0.3 is 0 Å². The Balaban J connectivity index is 2.73. The average molecular weight is 237 g/mol. The number of likely N-dealkylation sites (N-methyl/N-ethyl adjacent to an activating group) is 1. The summed E-state index contributed by atoms with van der Waals surface area (Å²) in [7, 11) is 3.37. The second kappa shape index (κ2) is 5.69. The Morgan fingerprint density at radius 1 is 1.59 bits per heavy atom. The predicted octanol–water partition coefficient (Wildman–Crippen LogP) is -0.584. The molecule has 0 radical (unpaired) electrons. The molecule has 1 aliphatic heterocycles. The second-order valence-electron chi connectivity index (χ2n) is 4.44. The normalized spacial score (nSPS) is 20.8. The molecular weight excluding hydrogens is 218 g/mol. The monoisotopic (exact) mass is 237 g/mol. The van der Waals surface area contributed by atoms with Gasteiger partial charge in [0.2, 0.25) is 11.8 Å². The molecule has 1 heterocycles. The van der Waals surface area contributed by atoms with Gasteiger partial charge in [-0.2, -0.15) is 0 Å². The van der Waals surface area contributed by atoms with E-state index in [1.54, 1.807) is 19.0 Å². The molecule has 0 aromatic heterocycles. The quantitative estimate of drug-likeness (QED) is 0.668. The van der Waals surface area contributed by atoms with E-state index in [1.807, 2.05) is 0 Å². The van der Waals surface area contributed by atoms with Crippen LogP contribution in [0.25, 0.3) is 0 Å². The summed E-state index contributed by atoms with van der Waals surface area (Å²) >= 11 is 0. The van der Waals surface area contributed by atoms with Crippen LogP contribution in [-0.4, -0.2) is 54.3 Å². The molecule has 0 aromatic rings. The first-order valence-electron chi connectivity index (χ1n) is 5.69. The average Bonchev–Trinajstić information content (AvgIpc) is 2.75. The van der Waals surface area contributed by atoms with Crippen molar-refractivity contribution in [3.8, 4) is 12.3 Å². The SMILES string of the molecule is C#CCC(N)C(=O)N1CCCC1C(=O)N(C)C. The third-order valence-electron chi connectivity index (χ3n) is 2.92. The lowest BCUT2D eigenvalue weighted by molar-refractivity contribution is -0.142. The minimum atomic E-state index is -0.699. The highest BCUT2D eigenvalue weighted by atomic mass is 16.2. The lowest BCUT2D eigenvalue weighted by Crippen LogP contribution is -2.50. The van der Waals surface area contributed by atoms with Gasteiger partial charge in [0.25, 0.3) is 0 Å². The van der Waals surface area contributed by atoms with Crippen LogP contribution in [0, 0.1) is 12.3 Å². The summed E-state index contributed by atoms with van der Waals surface area (Å²) in [6.45, 7) is 0.585. The maximum atomic E-state index is 12.0. The standard InChI is InChI=1S/C12H19N3O2/c1-4-6-9(13)11(16)15-8-5-7-10(15)12(17)14(2)3/h1,9-10H,5-8,13H2,2-3H3. The smallest absolute Gasteiger partial charge is 0.244 e. The van der Waals surface area contributed by atoms with Crippen molar-refractivity contribution in [2.24, 2.45) is 5.73 Å². The number of likely N-dealkylation sites (tertiary alicyclic amines) is 1. The highest BCUT2D eigenvalue weighted by molar-refractivity contribution is 5.90. The molecule has 5 heteroatoms. The van der Waals surface area contributed by atoms with Gasteiger partial charge in [-0.25, -0.2) is 0 Å². The molecule has 2 atom stereocenters. The Morgan fingerprint density at radius 2 is 2.24 bits per heavy atom. The predicted molar refractivity (Wildman–Crippen MR) is 64.9 cm³/mol. The van der Waals surface area contributed by atoms with Crippen LogP contribution in [0.4, 0.5) is 0 Å². The van der Waals surface area contributed by atoms with Gasteiger partial charge in [0.15, 0.2) is 0 Å². The van der Waals surface area contributed by atoms with Crippen molar-refractivity contribution in [2.75, 3.05) is 20.6 Å². The first-order valence-corrected chi connectivity index (χ1v) is 5.69. The van der Waals surface area contributed by atoms with E-state index < -0.39 is 6.04 Å². The number of hydrogen-bond donors (Lipinski definition) is 1. The first kappa shape index (κ1) is 13.5. The Bertz CT molecular complexity index is 346. The maximum Gasteiger partial charge on any atom is 0.244 e. The minimum absolute atomic E-state index is 0.0521. The number of nitrogens with zero attached hydrogens (tertiary/aromatic N) is 2. The summed E-state index contributed by atoms with van der Waals surface area (Å²) < 4.78 is 0. The molecule has 1 rings (SSSR count). The van der Waals surface area contributed by atoms with Crippen LogP contribution in [0.1, 0.15) is 19.3 Å². The van der Waals surface area contributed by atoms with Gasteiger partial charge in [0, 0.05) is 27.1 Å². The fraction of sp³-hybridized carbons (Fsp3) is 0.667. The van der Waals surface area contributed by atoms with E-state index in [4.69, 9.17) is 12.2 Å². The van der Waals surface area contributed by atoms with E-state index >= 15 is 0 Å². The second-order valence-corrected chi connectivity index (χ2v) is 4.44. The number of terminal acetylenes is 1. The Morgan fingerprint density at radius 3 is 2.76 bits per heavy atom.